The van der Waals surface area contributed by atoms with Crippen LogP contribution in [0.25, 0.3) is 0 Å². The molecule has 0 spiro atoms. The highest BCUT2D eigenvalue weighted by atomic mass is 32.2. The number of methoxy groups -OCH3 is 1. The highest BCUT2D eigenvalue weighted by Crippen LogP contribution is 2.40. The number of hydroxylamine groups is 1. The first kappa shape index (κ1) is 24.2. The van der Waals surface area contributed by atoms with Crippen LogP contribution < -0.4 is 10.2 Å². The lowest BCUT2D eigenvalue weighted by atomic mass is 9.91. The highest BCUT2D eigenvalue weighted by molar-refractivity contribution is 7.89. The summed E-state index contributed by atoms with van der Waals surface area (Å²) in [5.74, 6) is -0.392. The summed E-state index contributed by atoms with van der Waals surface area (Å²) in [5.41, 5.74) is 2.68. The number of nitrogens with zero attached hydrogens (tertiary/aromatic N) is 2. The van der Waals surface area contributed by atoms with E-state index in [9.17, 15) is 23.2 Å². The van der Waals surface area contributed by atoms with E-state index in [1.54, 1.807) is 22.5 Å². The number of fused-ring (bicyclic) bond motifs is 1. The van der Waals surface area contributed by atoms with Gasteiger partial charge in [0.15, 0.2) is 0 Å². The zero-order chi connectivity index (χ0) is 24.3. The Bertz CT molecular complexity index is 1120. The molecule has 3 atom stereocenters. The van der Waals surface area contributed by atoms with E-state index in [0.29, 0.717) is 38.0 Å². The van der Waals surface area contributed by atoms with Gasteiger partial charge in [-0.1, -0.05) is 30.3 Å². The van der Waals surface area contributed by atoms with Crippen LogP contribution in [0.1, 0.15) is 24.8 Å². The van der Waals surface area contributed by atoms with Crippen LogP contribution in [0.5, 0.6) is 5.75 Å². The van der Waals surface area contributed by atoms with E-state index >= 15 is 0 Å². The van der Waals surface area contributed by atoms with Gasteiger partial charge < -0.3 is 9.64 Å². The van der Waals surface area contributed by atoms with Crippen LogP contribution in [-0.4, -0.2) is 66.9 Å². The summed E-state index contributed by atoms with van der Waals surface area (Å²) in [6.07, 6.45) is 1.81. The van der Waals surface area contributed by atoms with Gasteiger partial charge in [-0.3, -0.25) is 14.8 Å². The molecule has 2 aromatic rings. The molecule has 2 aliphatic rings. The number of hydrogen-bond acceptors (Lipinski definition) is 6. The van der Waals surface area contributed by atoms with E-state index in [1.807, 2.05) is 30.3 Å². The topological polar surface area (TPSA) is 116 Å². The lowest BCUT2D eigenvalue weighted by Crippen LogP contribution is -2.54. The monoisotopic (exact) mass is 487 g/mol. The van der Waals surface area contributed by atoms with Gasteiger partial charge in [-0.05, 0) is 55.0 Å². The maximum absolute atomic E-state index is 13.6. The summed E-state index contributed by atoms with van der Waals surface area (Å²) in [6.45, 7) is 0.724. The molecule has 2 N–H and O–H groups in total. The third-order valence-electron chi connectivity index (χ3n) is 6.75. The van der Waals surface area contributed by atoms with Crippen LogP contribution in [0.4, 0.5) is 0 Å². The van der Waals surface area contributed by atoms with Crippen LogP contribution >= 0.6 is 0 Å². The first-order chi connectivity index (χ1) is 16.3. The minimum atomic E-state index is -4.07. The molecule has 2 fully saturated rings. The smallest absolute Gasteiger partial charge is 0.261 e. The highest BCUT2D eigenvalue weighted by Gasteiger charge is 2.52. The number of rotatable bonds is 7. The molecule has 2 amide bonds. The van der Waals surface area contributed by atoms with Gasteiger partial charge >= 0.3 is 0 Å². The number of carbonyl (C=O) groups excluding carboxylic acids is 2. The molecule has 182 valence electrons. The predicted octanol–water partition coefficient (Wildman–Crippen LogP) is 1.81. The van der Waals surface area contributed by atoms with E-state index in [0.717, 1.165) is 5.56 Å². The van der Waals surface area contributed by atoms with Crippen molar-refractivity contribution in [2.24, 2.45) is 5.92 Å². The molecule has 0 aromatic heterocycles. The second-order valence-electron chi connectivity index (χ2n) is 8.68. The summed E-state index contributed by atoms with van der Waals surface area (Å²) in [5, 5.41) is 9.27. The number of aryl methyl sites for hydroxylation is 1. The van der Waals surface area contributed by atoms with Gasteiger partial charge in [0.05, 0.1) is 12.0 Å². The SMILES string of the molecule is COc1ccc(S(=O)(=O)N2[C@H](C(=O)NO)C[C@@H]3CCN(C(=O)CCc4ccccc4)C[C@@H]32)cc1. The number of benzene rings is 2. The summed E-state index contributed by atoms with van der Waals surface area (Å²) in [6, 6.07) is 14.1. The molecule has 2 heterocycles. The number of amides is 2. The van der Waals surface area contributed by atoms with Gasteiger partial charge in [-0.2, -0.15) is 4.31 Å². The van der Waals surface area contributed by atoms with Crippen molar-refractivity contribution >= 4 is 21.8 Å². The fourth-order valence-electron chi connectivity index (χ4n) is 4.96. The molecule has 0 unspecified atom stereocenters. The molecular weight excluding hydrogens is 458 g/mol. The Morgan fingerprint density at radius 3 is 2.47 bits per heavy atom. The Morgan fingerprint density at radius 1 is 1.12 bits per heavy atom. The Balaban J connectivity index is 1.56. The molecule has 9 nitrogen and oxygen atoms in total. The zero-order valence-corrected chi connectivity index (χ0v) is 19.8. The fraction of sp³-hybridized carbons (Fsp3) is 0.417. The number of piperidine rings is 1. The van der Waals surface area contributed by atoms with Crippen LogP contribution in [0.3, 0.4) is 0 Å². The van der Waals surface area contributed by atoms with Crippen molar-refractivity contribution < 1.29 is 28.0 Å². The molecule has 10 heteroatoms. The molecule has 2 aliphatic heterocycles. The second kappa shape index (κ2) is 10.1. The molecule has 2 aromatic carbocycles. The first-order valence-electron chi connectivity index (χ1n) is 11.3. The van der Waals surface area contributed by atoms with Crippen molar-refractivity contribution in [2.75, 3.05) is 20.2 Å². The minimum absolute atomic E-state index is 0.0252. The molecule has 0 bridgehead atoms. The summed E-state index contributed by atoms with van der Waals surface area (Å²) in [4.78, 5) is 27.1. The van der Waals surface area contributed by atoms with Crippen molar-refractivity contribution in [3.63, 3.8) is 0 Å². The van der Waals surface area contributed by atoms with E-state index < -0.39 is 28.0 Å². The van der Waals surface area contributed by atoms with Crippen molar-refractivity contribution in [3.05, 3.63) is 60.2 Å². The van der Waals surface area contributed by atoms with Crippen molar-refractivity contribution in [2.45, 2.75) is 42.7 Å². The van der Waals surface area contributed by atoms with Gasteiger partial charge in [0.25, 0.3) is 5.91 Å². The number of likely N-dealkylation sites (tertiary alicyclic amines) is 1. The largest absolute Gasteiger partial charge is 0.497 e. The van der Waals surface area contributed by atoms with Crippen LogP contribution in [-0.2, 0) is 26.0 Å². The van der Waals surface area contributed by atoms with Gasteiger partial charge in [-0.15, -0.1) is 0 Å². The molecule has 2 saturated heterocycles. The molecule has 34 heavy (non-hydrogen) atoms. The Kier molecular flexibility index (Phi) is 7.20. The van der Waals surface area contributed by atoms with Gasteiger partial charge in [0, 0.05) is 25.6 Å². The average Bonchev–Trinajstić information content (AvgIpc) is 3.27. The molecule has 0 saturated carbocycles. The predicted molar refractivity (Wildman–Crippen MR) is 124 cm³/mol. The van der Waals surface area contributed by atoms with Crippen LogP contribution in [0, 0.1) is 5.92 Å². The second-order valence-corrected chi connectivity index (χ2v) is 10.5. The Labute approximate surface area is 199 Å². The maximum Gasteiger partial charge on any atom is 0.261 e. The fourth-order valence-corrected chi connectivity index (χ4v) is 6.79. The van der Waals surface area contributed by atoms with Gasteiger partial charge in [0.1, 0.15) is 11.8 Å². The number of ether oxygens (including phenoxy) is 1. The molecular formula is C24H29N3O6S. The van der Waals surface area contributed by atoms with Crippen molar-refractivity contribution in [1.29, 1.82) is 0 Å². The lowest BCUT2D eigenvalue weighted by Gasteiger charge is -2.38. The lowest BCUT2D eigenvalue weighted by molar-refractivity contribution is -0.133. The minimum Gasteiger partial charge on any atom is -0.497 e. The Hall–Kier alpha value is -2.95. The van der Waals surface area contributed by atoms with E-state index in [4.69, 9.17) is 4.74 Å². The molecule has 0 radical (unpaired) electrons. The maximum atomic E-state index is 13.6. The number of hydrogen-bond donors (Lipinski definition) is 2. The van der Waals surface area contributed by atoms with Crippen molar-refractivity contribution in [1.82, 2.24) is 14.7 Å². The van der Waals surface area contributed by atoms with E-state index in [1.165, 1.54) is 23.5 Å². The van der Waals surface area contributed by atoms with E-state index in [-0.39, 0.29) is 23.3 Å². The molecule has 0 aliphatic carbocycles. The number of carbonyl (C=O) groups is 2. The summed E-state index contributed by atoms with van der Waals surface area (Å²) in [7, 11) is -2.59. The Morgan fingerprint density at radius 2 is 1.82 bits per heavy atom. The van der Waals surface area contributed by atoms with Gasteiger partial charge in [-0.25, -0.2) is 13.9 Å². The van der Waals surface area contributed by atoms with Crippen molar-refractivity contribution in [3.8, 4) is 5.75 Å². The third-order valence-corrected chi connectivity index (χ3v) is 8.70. The van der Waals surface area contributed by atoms with Gasteiger partial charge in [0.2, 0.25) is 15.9 Å². The number of nitrogens with one attached hydrogen (secondary N) is 1. The summed E-state index contributed by atoms with van der Waals surface area (Å²) < 4.78 is 33.6. The number of sulfonamides is 1. The average molecular weight is 488 g/mol. The van der Waals surface area contributed by atoms with Crippen LogP contribution in [0.15, 0.2) is 59.5 Å². The van der Waals surface area contributed by atoms with Crippen LogP contribution in [0.2, 0.25) is 0 Å². The first-order valence-corrected chi connectivity index (χ1v) is 12.7. The standard InChI is InChI=1S/C24H29N3O6S/c1-33-19-8-10-20(11-9-19)34(31,32)27-21(24(29)25-30)15-18-13-14-26(16-22(18)27)23(28)12-7-17-5-3-2-4-6-17/h2-6,8-11,18,21-22,30H,7,12-16H2,1H3,(H,25,29)/t18-,21-,22-/m0/s1. The molecule has 4 rings (SSSR count). The third kappa shape index (κ3) is 4.79. The quantitative estimate of drug-likeness (QED) is 0.455. The summed E-state index contributed by atoms with van der Waals surface area (Å²) >= 11 is 0. The van der Waals surface area contributed by atoms with E-state index in [2.05, 4.69) is 0 Å². The zero-order valence-electron chi connectivity index (χ0n) is 19.0. The normalized spacial score (nSPS) is 22.8.